The Morgan fingerprint density at radius 3 is 1.96 bits per heavy atom. The number of carbonyl (C=O) groups excluding carboxylic acids is 1. The average Bonchev–Trinajstić information content (AvgIpc) is 2.67. The molecule has 0 saturated carbocycles. The Kier molecular flexibility index (Phi) is 5.39. The number of nitrogens with zero attached hydrogens (tertiary/aromatic N) is 2. The van der Waals surface area contributed by atoms with E-state index in [2.05, 4.69) is 15.5 Å². The van der Waals surface area contributed by atoms with Crippen LogP contribution in [0.5, 0.6) is 0 Å². The van der Waals surface area contributed by atoms with Crippen LogP contribution in [0.3, 0.4) is 0 Å². The highest BCUT2D eigenvalue weighted by Crippen LogP contribution is 2.21. The summed E-state index contributed by atoms with van der Waals surface area (Å²) in [5.41, 5.74) is 1.61. The minimum Gasteiger partial charge on any atom is -0.322 e. The van der Waals surface area contributed by atoms with Gasteiger partial charge in [-0.05, 0) is 48.5 Å². The molecule has 8 heteroatoms. The van der Waals surface area contributed by atoms with Gasteiger partial charge in [0.15, 0.2) is 0 Å². The van der Waals surface area contributed by atoms with E-state index in [0.29, 0.717) is 11.4 Å². The molecule has 0 aliphatic rings. The molecule has 0 spiro atoms. The zero-order chi connectivity index (χ0) is 19.3. The van der Waals surface area contributed by atoms with Gasteiger partial charge in [0, 0.05) is 5.69 Å². The van der Waals surface area contributed by atoms with Gasteiger partial charge < -0.3 is 5.32 Å². The lowest BCUT2D eigenvalue weighted by Gasteiger charge is -2.08. The number of carbonyl (C=O) groups is 1. The Bertz CT molecular complexity index is 1080. The SMILES string of the molecule is O=C(Nc1ccc(N=Nc2ccccc2)cc1)c1ccccc1S(=O)(=O)O. The predicted molar refractivity (Wildman–Crippen MR) is 101 cm³/mol. The molecule has 0 atom stereocenters. The second-order valence-electron chi connectivity index (χ2n) is 5.51. The van der Waals surface area contributed by atoms with Gasteiger partial charge in [-0.25, -0.2) is 0 Å². The van der Waals surface area contributed by atoms with Crippen molar-refractivity contribution in [2.75, 3.05) is 5.32 Å². The zero-order valence-corrected chi connectivity index (χ0v) is 14.8. The molecule has 3 aromatic carbocycles. The molecule has 136 valence electrons. The first-order valence-electron chi connectivity index (χ1n) is 7.88. The summed E-state index contributed by atoms with van der Waals surface area (Å²) >= 11 is 0. The topological polar surface area (TPSA) is 108 Å². The van der Waals surface area contributed by atoms with Gasteiger partial charge in [0.1, 0.15) is 4.90 Å². The van der Waals surface area contributed by atoms with E-state index in [1.807, 2.05) is 30.3 Å². The van der Waals surface area contributed by atoms with E-state index >= 15 is 0 Å². The van der Waals surface area contributed by atoms with Crippen LogP contribution in [-0.4, -0.2) is 18.9 Å². The second-order valence-corrected chi connectivity index (χ2v) is 6.90. The maximum Gasteiger partial charge on any atom is 0.295 e. The molecule has 0 heterocycles. The number of hydrogen-bond acceptors (Lipinski definition) is 5. The molecular weight excluding hydrogens is 366 g/mol. The first-order valence-corrected chi connectivity index (χ1v) is 9.32. The van der Waals surface area contributed by atoms with Gasteiger partial charge in [-0.3, -0.25) is 9.35 Å². The van der Waals surface area contributed by atoms with Crippen molar-refractivity contribution in [3.8, 4) is 0 Å². The van der Waals surface area contributed by atoms with Crippen LogP contribution in [0.2, 0.25) is 0 Å². The quantitative estimate of drug-likeness (QED) is 0.497. The number of rotatable bonds is 5. The Morgan fingerprint density at radius 2 is 1.33 bits per heavy atom. The van der Waals surface area contributed by atoms with Crippen LogP contribution in [0.25, 0.3) is 0 Å². The molecule has 0 bridgehead atoms. The van der Waals surface area contributed by atoms with Crippen LogP contribution in [0, 0.1) is 0 Å². The molecule has 0 fully saturated rings. The largest absolute Gasteiger partial charge is 0.322 e. The summed E-state index contributed by atoms with van der Waals surface area (Å²) in [6, 6.07) is 21.2. The maximum atomic E-state index is 12.3. The molecule has 27 heavy (non-hydrogen) atoms. The summed E-state index contributed by atoms with van der Waals surface area (Å²) in [7, 11) is -4.50. The van der Waals surface area contributed by atoms with Gasteiger partial charge in [-0.1, -0.05) is 30.3 Å². The molecule has 0 aliphatic heterocycles. The van der Waals surface area contributed by atoms with Crippen molar-refractivity contribution in [3.05, 3.63) is 84.4 Å². The Balaban J connectivity index is 1.74. The number of benzene rings is 3. The van der Waals surface area contributed by atoms with Crippen LogP contribution in [0.15, 0.2) is 94.0 Å². The normalized spacial score (nSPS) is 11.4. The van der Waals surface area contributed by atoms with Crippen molar-refractivity contribution in [1.29, 1.82) is 0 Å². The molecule has 0 radical (unpaired) electrons. The van der Waals surface area contributed by atoms with Gasteiger partial charge in [0.2, 0.25) is 0 Å². The Labute approximate surface area is 156 Å². The van der Waals surface area contributed by atoms with E-state index in [4.69, 9.17) is 0 Å². The molecule has 0 aliphatic carbocycles. The van der Waals surface area contributed by atoms with Crippen molar-refractivity contribution in [2.45, 2.75) is 4.90 Å². The molecule has 0 aromatic heterocycles. The first-order chi connectivity index (χ1) is 12.9. The van der Waals surface area contributed by atoms with Crippen LogP contribution >= 0.6 is 0 Å². The molecular formula is C19H15N3O4S. The molecule has 2 N–H and O–H groups in total. The van der Waals surface area contributed by atoms with Crippen LogP contribution in [0.1, 0.15) is 10.4 Å². The fourth-order valence-corrected chi connectivity index (χ4v) is 2.99. The molecule has 3 rings (SSSR count). The second kappa shape index (κ2) is 7.90. The van der Waals surface area contributed by atoms with Crippen molar-refractivity contribution >= 4 is 33.1 Å². The van der Waals surface area contributed by atoms with Crippen molar-refractivity contribution < 1.29 is 17.8 Å². The molecule has 0 unspecified atom stereocenters. The highest BCUT2D eigenvalue weighted by atomic mass is 32.2. The van der Waals surface area contributed by atoms with Gasteiger partial charge in [0.25, 0.3) is 16.0 Å². The molecule has 3 aromatic rings. The highest BCUT2D eigenvalue weighted by molar-refractivity contribution is 7.86. The minimum atomic E-state index is -4.50. The lowest BCUT2D eigenvalue weighted by Crippen LogP contribution is -2.16. The van der Waals surface area contributed by atoms with E-state index in [1.165, 1.54) is 18.2 Å². The third kappa shape index (κ3) is 4.84. The lowest BCUT2D eigenvalue weighted by molar-refractivity contribution is 0.102. The first kappa shape index (κ1) is 18.4. The molecule has 1 amide bonds. The van der Waals surface area contributed by atoms with Crippen molar-refractivity contribution in [3.63, 3.8) is 0 Å². The summed E-state index contributed by atoms with van der Waals surface area (Å²) in [6.45, 7) is 0. The fraction of sp³-hybridized carbons (Fsp3) is 0. The summed E-state index contributed by atoms with van der Waals surface area (Å²) in [5, 5.41) is 10.8. The predicted octanol–water partition coefficient (Wildman–Crippen LogP) is 4.60. The third-order valence-electron chi connectivity index (χ3n) is 3.57. The summed E-state index contributed by atoms with van der Waals surface area (Å²) in [6.07, 6.45) is 0. The molecule has 0 saturated heterocycles. The van der Waals surface area contributed by atoms with Crippen LogP contribution < -0.4 is 5.32 Å². The van der Waals surface area contributed by atoms with E-state index in [0.717, 1.165) is 11.8 Å². The monoisotopic (exact) mass is 381 g/mol. The number of anilines is 1. The summed E-state index contributed by atoms with van der Waals surface area (Å²) < 4.78 is 32.0. The van der Waals surface area contributed by atoms with Crippen molar-refractivity contribution in [2.24, 2.45) is 10.2 Å². The van der Waals surface area contributed by atoms with E-state index in [1.54, 1.807) is 24.3 Å². The Morgan fingerprint density at radius 1 is 0.778 bits per heavy atom. The van der Waals surface area contributed by atoms with E-state index < -0.39 is 20.9 Å². The number of hydrogen-bond donors (Lipinski definition) is 2. The summed E-state index contributed by atoms with van der Waals surface area (Å²) in [4.78, 5) is 11.9. The highest BCUT2D eigenvalue weighted by Gasteiger charge is 2.19. The smallest absolute Gasteiger partial charge is 0.295 e. The average molecular weight is 381 g/mol. The standard InChI is InChI=1S/C19H15N3O4S/c23-19(17-8-4-5-9-18(17)27(24,25)26)20-14-10-12-16(13-11-14)22-21-15-6-2-1-3-7-15/h1-13H,(H,20,23)(H,24,25,26). The number of azo groups is 1. The zero-order valence-electron chi connectivity index (χ0n) is 14.0. The van der Waals surface area contributed by atoms with Gasteiger partial charge in [0.05, 0.1) is 16.9 Å². The number of amides is 1. The fourth-order valence-electron chi connectivity index (χ4n) is 2.30. The van der Waals surface area contributed by atoms with Gasteiger partial charge >= 0.3 is 0 Å². The van der Waals surface area contributed by atoms with Crippen LogP contribution in [0.4, 0.5) is 17.1 Å². The van der Waals surface area contributed by atoms with E-state index in [-0.39, 0.29) is 5.56 Å². The number of nitrogens with one attached hydrogen (secondary N) is 1. The Hall–Kier alpha value is -3.36. The van der Waals surface area contributed by atoms with Crippen molar-refractivity contribution in [1.82, 2.24) is 0 Å². The van der Waals surface area contributed by atoms with Gasteiger partial charge in [-0.15, -0.1) is 0 Å². The van der Waals surface area contributed by atoms with E-state index in [9.17, 15) is 17.8 Å². The molecule has 7 nitrogen and oxygen atoms in total. The minimum absolute atomic E-state index is 0.146. The maximum absolute atomic E-state index is 12.3. The summed E-state index contributed by atoms with van der Waals surface area (Å²) in [5.74, 6) is -0.651. The lowest BCUT2D eigenvalue weighted by atomic mass is 10.2. The third-order valence-corrected chi connectivity index (χ3v) is 4.48. The van der Waals surface area contributed by atoms with Gasteiger partial charge in [-0.2, -0.15) is 18.6 Å². The van der Waals surface area contributed by atoms with Crippen LogP contribution in [-0.2, 0) is 10.1 Å².